The van der Waals surface area contributed by atoms with Gasteiger partial charge in [-0.25, -0.2) is 4.79 Å². The van der Waals surface area contributed by atoms with Gasteiger partial charge in [0, 0.05) is 6.08 Å². The Kier molecular flexibility index (Phi) is 4.43. The van der Waals surface area contributed by atoms with Crippen molar-refractivity contribution < 1.29 is 18.7 Å². The van der Waals surface area contributed by atoms with Gasteiger partial charge in [0.05, 0.1) is 13.4 Å². The Labute approximate surface area is 133 Å². The first kappa shape index (κ1) is 14.9. The lowest BCUT2D eigenvalue weighted by atomic mass is 10.1. The number of carbonyl (C=O) groups is 1. The molecule has 0 spiro atoms. The number of fused-ring (bicyclic) bond motifs is 1. The summed E-state index contributed by atoms with van der Waals surface area (Å²) in [6.07, 6.45) is 4.48. The summed E-state index contributed by atoms with van der Waals surface area (Å²) in [5.74, 6) is 1.03. The minimum Gasteiger partial charge on any atom is -0.497 e. The van der Waals surface area contributed by atoms with Crippen molar-refractivity contribution in [2.45, 2.75) is 6.61 Å². The Bertz CT molecular complexity index is 832. The van der Waals surface area contributed by atoms with Crippen LogP contribution in [0.4, 0.5) is 0 Å². The van der Waals surface area contributed by atoms with Gasteiger partial charge < -0.3 is 13.9 Å². The summed E-state index contributed by atoms with van der Waals surface area (Å²) < 4.78 is 15.5. The van der Waals surface area contributed by atoms with Crippen LogP contribution < -0.4 is 4.74 Å². The Morgan fingerprint density at radius 3 is 2.74 bits per heavy atom. The van der Waals surface area contributed by atoms with Crippen LogP contribution in [0.15, 0.2) is 65.3 Å². The zero-order valence-electron chi connectivity index (χ0n) is 12.7. The molecule has 3 aromatic rings. The van der Waals surface area contributed by atoms with E-state index in [1.165, 1.54) is 6.08 Å². The monoisotopic (exact) mass is 308 g/mol. The first-order chi connectivity index (χ1) is 11.2. The molecule has 0 aliphatic rings. The lowest BCUT2D eigenvalue weighted by Gasteiger charge is -2.06. The van der Waals surface area contributed by atoms with Crippen LogP contribution in [0.25, 0.3) is 16.8 Å². The predicted octanol–water partition coefficient (Wildman–Crippen LogP) is 4.20. The quantitative estimate of drug-likeness (QED) is 0.523. The summed E-state index contributed by atoms with van der Waals surface area (Å²) in [6, 6.07) is 15.3. The van der Waals surface area contributed by atoms with Crippen LogP contribution in [0.1, 0.15) is 11.3 Å². The lowest BCUT2D eigenvalue weighted by Crippen LogP contribution is -2.00. The Hall–Kier alpha value is -3.01. The van der Waals surface area contributed by atoms with Crippen molar-refractivity contribution in [3.63, 3.8) is 0 Å². The van der Waals surface area contributed by atoms with Gasteiger partial charge in [0.25, 0.3) is 0 Å². The van der Waals surface area contributed by atoms with Gasteiger partial charge in [0.15, 0.2) is 0 Å². The van der Waals surface area contributed by atoms with Gasteiger partial charge >= 0.3 is 5.97 Å². The molecular formula is C19H16O4. The van der Waals surface area contributed by atoms with E-state index in [4.69, 9.17) is 13.9 Å². The smallest absolute Gasteiger partial charge is 0.331 e. The van der Waals surface area contributed by atoms with Crippen molar-refractivity contribution in [1.29, 1.82) is 0 Å². The number of hydrogen-bond acceptors (Lipinski definition) is 4. The first-order valence-electron chi connectivity index (χ1n) is 7.19. The Balaban J connectivity index is 1.63. The molecule has 0 radical (unpaired) electrons. The summed E-state index contributed by atoms with van der Waals surface area (Å²) in [4.78, 5) is 11.7. The summed E-state index contributed by atoms with van der Waals surface area (Å²) in [5.41, 5.74) is 0.933. The second-order valence-electron chi connectivity index (χ2n) is 5.00. The standard InChI is InChI=1S/C19H16O4/c1-21-18-7-6-15-11-14(4-5-16(15)12-18)13-23-19(20)9-8-17-3-2-10-22-17/h2-12H,13H2,1H3/b9-8+. The van der Waals surface area contributed by atoms with Gasteiger partial charge in [-0.05, 0) is 52.7 Å². The van der Waals surface area contributed by atoms with Gasteiger partial charge in [-0.3, -0.25) is 0 Å². The van der Waals surface area contributed by atoms with E-state index in [-0.39, 0.29) is 6.61 Å². The molecule has 1 heterocycles. The molecule has 0 amide bonds. The SMILES string of the molecule is COc1ccc2cc(COC(=O)/C=C/c3ccco3)ccc2c1. The van der Waals surface area contributed by atoms with E-state index in [1.807, 2.05) is 36.4 Å². The molecule has 0 aliphatic heterocycles. The van der Waals surface area contributed by atoms with Crippen LogP contribution in [-0.4, -0.2) is 13.1 Å². The second kappa shape index (κ2) is 6.83. The topological polar surface area (TPSA) is 48.7 Å². The van der Waals surface area contributed by atoms with Gasteiger partial charge in [-0.2, -0.15) is 0 Å². The van der Waals surface area contributed by atoms with E-state index in [0.29, 0.717) is 5.76 Å². The van der Waals surface area contributed by atoms with Crippen LogP contribution in [0.5, 0.6) is 5.75 Å². The lowest BCUT2D eigenvalue weighted by molar-refractivity contribution is -0.138. The van der Waals surface area contributed by atoms with Crippen LogP contribution in [-0.2, 0) is 16.1 Å². The number of carbonyl (C=O) groups excluding carboxylic acids is 1. The Morgan fingerprint density at radius 2 is 1.96 bits per heavy atom. The molecule has 0 fully saturated rings. The van der Waals surface area contributed by atoms with Crippen molar-refractivity contribution in [2.75, 3.05) is 7.11 Å². The van der Waals surface area contributed by atoms with E-state index in [1.54, 1.807) is 31.6 Å². The minimum absolute atomic E-state index is 0.225. The maximum absolute atomic E-state index is 11.7. The summed E-state index contributed by atoms with van der Waals surface area (Å²) in [6.45, 7) is 0.225. The van der Waals surface area contributed by atoms with Crippen LogP contribution in [0, 0.1) is 0 Å². The largest absolute Gasteiger partial charge is 0.497 e. The zero-order chi connectivity index (χ0) is 16.1. The fourth-order valence-corrected chi connectivity index (χ4v) is 2.23. The summed E-state index contributed by atoms with van der Waals surface area (Å²) in [7, 11) is 1.64. The van der Waals surface area contributed by atoms with Crippen LogP contribution in [0.3, 0.4) is 0 Å². The fraction of sp³-hybridized carbons (Fsp3) is 0.105. The summed E-state index contributed by atoms with van der Waals surface area (Å²) >= 11 is 0. The molecule has 0 saturated heterocycles. The van der Waals surface area contributed by atoms with Crippen LogP contribution >= 0.6 is 0 Å². The number of hydrogen-bond donors (Lipinski definition) is 0. The van der Waals surface area contributed by atoms with Crippen molar-refractivity contribution in [1.82, 2.24) is 0 Å². The predicted molar refractivity (Wildman–Crippen MR) is 88.0 cm³/mol. The van der Waals surface area contributed by atoms with Gasteiger partial charge in [-0.1, -0.05) is 18.2 Å². The normalized spacial score (nSPS) is 11.0. The van der Waals surface area contributed by atoms with E-state index in [2.05, 4.69) is 0 Å². The molecule has 4 heteroatoms. The molecule has 0 saturated carbocycles. The van der Waals surface area contributed by atoms with E-state index < -0.39 is 5.97 Å². The Morgan fingerprint density at radius 1 is 1.13 bits per heavy atom. The molecule has 0 N–H and O–H groups in total. The molecule has 3 rings (SSSR count). The molecule has 0 bridgehead atoms. The fourth-order valence-electron chi connectivity index (χ4n) is 2.23. The minimum atomic E-state index is -0.406. The zero-order valence-corrected chi connectivity index (χ0v) is 12.7. The third-order valence-electron chi connectivity index (χ3n) is 3.42. The number of benzene rings is 2. The number of furan rings is 1. The number of rotatable bonds is 5. The highest BCUT2D eigenvalue weighted by atomic mass is 16.5. The van der Waals surface area contributed by atoms with Crippen molar-refractivity contribution in [3.05, 3.63) is 72.2 Å². The first-order valence-corrected chi connectivity index (χ1v) is 7.19. The average molecular weight is 308 g/mol. The van der Waals surface area contributed by atoms with Crippen LogP contribution in [0.2, 0.25) is 0 Å². The summed E-state index contributed by atoms with van der Waals surface area (Å²) in [5, 5.41) is 2.16. The molecule has 4 nitrogen and oxygen atoms in total. The number of ether oxygens (including phenoxy) is 2. The highest BCUT2D eigenvalue weighted by Crippen LogP contribution is 2.22. The van der Waals surface area contributed by atoms with Gasteiger partial charge in [0.2, 0.25) is 0 Å². The van der Waals surface area contributed by atoms with Gasteiger partial charge in [-0.15, -0.1) is 0 Å². The molecule has 0 unspecified atom stereocenters. The van der Waals surface area contributed by atoms with E-state index >= 15 is 0 Å². The van der Waals surface area contributed by atoms with Crippen molar-refractivity contribution in [2.24, 2.45) is 0 Å². The van der Waals surface area contributed by atoms with Gasteiger partial charge in [0.1, 0.15) is 18.1 Å². The molecule has 0 aliphatic carbocycles. The highest BCUT2D eigenvalue weighted by Gasteiger charge is 2.02. The maximum atomic E-state index is 11.7. The second-order valence-corrected chi connectivity index (χ2v) is 5.00. The molecule has 116 valence electrons. The molecule has 2 aromatic carbocycles. The average Bonchev–Trinajstić information content (AvgIpc) is 3.11. The third-order valence-corrected chi connectivity index (χ3v) is 3.42. The van der Waals surface area contributed by atoms with Crippen molar-refractivity contribution in [3.8, 4) is 5.75 Å². The number of methoxy groups -OCH3 is 1. The third kappa shape index (κ3) is 3.80. The maximum Gasteiger partial charge on any atom is 0.331 e. The molecule has 23 heavy (non-hydrogen) atoms. The molecular weight excluding hydrogens is 292 g/mol. The molecule has 0 atom stereocenters. The van der Waals surface area contributed by atoms with E-state index in [9.17, 15) is 4.79 Å². The highest BCUT2D eigenvalue weighted by molar-refractivity contribution is 5.87. The van der Waals surface area contributed by atoms with Crippen molar-refractivity contribution >= 4 is 22.8 Å². The number of esters is 1. The van der Waals surface area contributed by atoms with E-state index in [0.717, 1.165) is 22.1 Å². The molecule has 1 aromatic heterocycles.